The highest BCUT2D eigenvalue weighted by atomic mass is 127. The van der Waals surface area contributed by atoms with Crippen LogP contribution in [0.4, 0.5) is 0 Å². The summed E-state index contributed by atoms with van der Waals surface area (Å²) >= 11 is 0. The zero-order chi connectivity index (χ0) is 12.1. The molecule has 0 aliphatic carbocycles. The molecule has 0 amide bonds. The molecule has 0 aromatic heterocycles. The normalized spacial score (nSPS) is 16.2. The molecule has 1 aromatic carbocycles. The summed E-state index contributed by atoms with van der Waals surface area (Å²) in [6.45, 7) is 1.95. The molecular weight excluding hydrogens is 337 g/mol. The van der Waals surface area contributed by atoms with Crippen molar-refractivity contribution in [2.45, 2.75) is 12.8 Å². The number of nitrogens with two attached hydrogens (primary N) is 1. The first-order valence-electron chi connectivity index (χ1n) is 6.01. The topological polar surface area (TPSA) is 41.6 Å². The summed E-state index contributed by atoms with van der Waals surface area (Å²) in [5.41, 5.74) is 8.58. The van der Waals surface area contributed by atoms with Crippen molar-refractivity contribution in [1.82, 2.24) is 4.90 Å². The number of nitrogens with zero attached hydrogens (tertiary/aromatic N) is 2. The zero-order valence-corrected chi connectivity index (χ0v) is 13.0. The Morgan fingerprint density at radius 1 is 1.22 bits per heavy atom. The Morgan fingerprint density at radius 3 is 2.39 bits per heavy atom. The number of likely N-dealkylation sites (tertiary alicyclic amines) is 1. The summed E-state index contributed by atoms with van der Waals surface area (Å²) < 4.78 is 0. The third kappa shape index (κ3) is 4.01. The van der Waals surface area contributed by atoms with E-state index in [1.54, 1.807) is 7.05 Å². The Kier molecular flexibility index (Phi) is 6.18. The van der Waals surface area contributed by atoms with Gasteiger partial charge in [-0.1, -0.05) is 42.0 Å². The maximum atomic E-state index is 5.80. The minimum absolute atomic E-state index is 0. The van der Waals surface area contributed by atoms with Gasteiger partial charge in [0.25, 0.3) is 0 Å². The number of aliphatic imine (C=N–C) groups is 1. The fourth-order valence-electron chi connectivity index (χ4n) is 2.09. The molecule has 0 radical (unpaired) electrons. The van der Waals surface area contributed by atoms with E-state index in [2.05, 4.69) is 40.2 Å². The van der Waals surface area contributed by atoms with Gasteiger partial charge < -0.3 is 10.6 Å². The molecule has 1 heterocycles. The first-order valence-corrected chi connectivity index (χ1v) is 6.01. The lowest BCUT2D eigenvalue weighted by atomic mass is 10.0. The molecule has 0 atom stereocenters. The summed E-state index contributed by atoms with van der Waals surface area (Å²) in [7, 11) is 1.74. The predicted molar refractivity (Wildman–Crippen MR) is 88.2 cm³/mol. The number of piperidine rings is 1. The number of guanidine groups is 1. The monoisotopic (exact) mass is 357 g/mol. The van der Waals surface area contributed by atoms with Crippen molar-refractivity contribution < 1.29 is 0 Å². The van der Waals surface area contributed by atoms with Gasteiger partial charge in [-0.3, -0.25) is 4.99 Å². The molecule has 1 saturated heterocycles. The van der Waals surface area contributed by atoms with Crippen LogP contribution in [0.2, 0.25) is 0 Å². The summed E-state index contributed by atoms with van der Waals surface area (Å²) in [5.74, 6) is 0.656. The Balaban J connectivity index is 0.00000162. The maximum Gasteiger partial charge on any atom is 0.190 e. The quantitative estimate of drug-likeness (QED) is 0.477. The molecule has 1 aliphatic heterocycles. The van der Waals surface area contributed by atoms with Crippen LogP contribution < -0.4 is 5.73 Å². The summed E-state index contributed by atoms with van der Waals surface area (Å²) in [4.78, 5) is 6.16. The molecule has 0 bridgehead atoms. The second-order valence-corrected chi connectivity index (χ2v) is 4.28. The molecule has 18 heavy (non-hydrogen) atoms. The Labute approximate surface area is 126 Å². The first-order chi connectivity index (χ1) is 8.29. The summed E-state index contributed by atoms with van der Waals surface area (Å²) in [5, 5.41) is 0. The highest BCUT2D eigenvalue weighted by Crippen LogP contribution is 2.19. The Hall–Kier alpha value is -1.04. The highest BCUT2D eigenvalue weighted by Gasteiger charge is 2.14. The van der Waals surface area contributed by atoms with E-state index in [0.717, 1.165) is 25.9 Å². The van der Waals surface area contributed by atoms with E-state index in [4.69, 9.17) is 5.73 Å². The van der Waals surface area contributed by atoms with Gasteiger partial charge in [-0.25, -0.2) is 0 Å². The molecule has 0 saturated carbocycles. The second-order valence-electron chi connectivity index (χ2n) is 4.28. The minimum Gasteiger partial charge on any atom is -0.370 e. The lowest BCUT2D eigenvalue weighted by Gasteiger charge is -2.29. The molecule has 1 aliphatic rings. The van der Waals surface area contributed by atoms with Crippen LogP contribution in [0, 0.1) is 0 Å². The van der Waals surface area contributed by atoms with Crippen molar-refractivity contribution in [2.24, 2.45) is 10.7 Å². The van der Waals surface area contributed by atoms with Crippen molar-refractivity contribution in [2.75, 3.05) is 20.1 Å². The SMILES string of the molecule is CN=C(N)N1CCC(=Cc2ccccc2)CC1.I. The van der Waals surface area contributed by atoms with Crippen molar-refractivity contribution in [3.05, 3.63) is 41.5 Å². The minimum atomic E-state index is 0. The number of rotatable bonds is 1. The highest BCUT2D eigenvalue weighted by molar-refractivity contribution is 14.0. The summed E-state index contributed by atoms with van der Waals surface area (Å²) in [6.07, 6.45) is 4.44. The van der Waals surface area contributed by atoms with E-state index < -0.39 is 0 Å². The average molecular weight is 357 g/mol. The van der Waals surface area contributed by atoms with E-state index in [-0.39, 0.29) is 24.0 Å². The van der Waals surface area contributed by atoms with Crippen LogP contribution in [0.3, 0.4) is 0 Å². The van der Waals surface area contributed by atoms with Crippen molar-refractivity contribution >= 4 is 36.0 Å². The molecule has 1 fully saturated rings. The average Bonchev–Trinajstić information content (AvgIpc) is 2.40. The van der Waals surface area contributed by atoms with Gasteiger partial charge in [-0.2, -0.15) is 0 Å². The summed E-state index contributed by atoms with van der Waals surface area (Å²) in [6, 6.07) is 10.5. The molecule has 2 rings (SSSR count). The van der Waals surface area contributed by atoms with Crippen molar-refractivity contribution in [3.8, 4) is 0 Å². The van der Waals surface area contributed by atoms with Crippen LogP contribution in [0.25, 0.3) is 6.08 Å². The number of benzene rings is 1. The Bertz CT molecular complexity index is 416. The number of hydrogen-bond acceptors (Lipinski definition) is 1. The van der Waals surface area contributed by atoms with E-state index >= 15 is 0 Å². The third-order valence-electron chi connectivity index (χ3n) is 3.13. The largest absolute Gasteiger partial charge is 0.370 e. The molecule has 3 nitrogen and oxygen atoms in total. The van der Waals surface area contributed by atoms with Gasteiger partial charge in [-0.05, 0) is 18.4 Å². The van der Waals surface area contributed by atoms with Crippen molar-refractivity contribution in [3.63, 3.8) is 0 Å². The third-order valence-corrected chi connectivity index (χ3v) is 3.13. The van der Waals surface area contributed by atoms with Gasteiger partial charge in [0.2, 0.25) is 0 Å². The second kappa shape index (κ2) is 7.41. The van der Waals surface area contributed by atoms with Gasteiger partial charge in [0.05, 0.1) is 0 Å². The van der Waals surface area contributed by atoms with Crippen LogP contribution in [0.5, 0.6) is 0 Å². The molecule has 1 aromatic rings. The van der Waals surface area contributed by atoms with E-state index in [9.17, 15) is 0 Å². The van der Waals surface area contributed by atoms with Crippen LogP contribution >= 0.6 is 24.0 Å². The molecule has 98 valence electrons. The first kappa shape index (κ1) is 15.0. The van der Waals surface area contributed by atoms with E-state index in [1.807, 2.05) is 6.07 Å². The smallest absolute Gasteiger partial charge is 0.190 e. The van der Waals surface area contributed by atoms with Crippen LogP contribution in [-0.2, 0) is 0 Å². The van der Waals surface area contributed by atoms with Crippen molar-refractivity contribution in [1.29, 1.82) is 0 Å². The predicted octanol–water partition coefficient (Wildman–Crippen LogP) is 2.73. The lowest BCUT2D eigenvalue weighted by Crippen LogP contribution is -2.41. The molecule has 2 N–H and O–H groups in total. The molecule has 0 spiro atoms. The zero-order valence-electron chi connectivity index (χ0n) is 10.7. The van der Waals surface area contributed by atoms with Crippen LogP contribution in [0.15, 0.2) is 40.9 Å². The van der Waals surface area contributed by atoms with Gasteiger partial charge in [0, 0.05) is 20.1 Å². The standard InChI is InChI=1S/C14H19N3.HI/c1-16-14(15)17-9-7-13(8-10-17)11-12-5-3-2-4-6-12;/h2-6,11H,7-10H2,1H3,(H2,15,16);1H. The van der Waals surface area contributed by atoms with Gasteiger partial charge >= 0.3 is 0 Å². The fraction of sp³-hybridized carbons (Fsp3) is 0.357. The van der Waals surface area contributed by atoms with Crippen LogP contribution in [0.1, 0.15) is 18.4 Å². The maximum absolute atomic E-state index is 5.80. The van der Waals surface area contributed by atoms with Gasteiger partial charge in [0.1, 0.15) is 0 Å². The number of halogens is 1. The lowest BCUT2D eigenvalue weighted by molar-refractivity contribution is 0.385. The molecular formula is C14H20IN3. The van der Waals surface area contributed by atoms with E-state index in [0.29, 0.717) is 5.96 Å². The van der Waals surface area contributed by atoms with Crippen LogP contribution in [-0.4, -0.2) is 31.0 Å². The Morgan fingerprint density at radius 2 is 1.83 bits per heavy atom. The molecule has 4 heteroatoms. The molecule has 0 unspecified atom stereocenters. The fourth-order valence-corrected chi connectivity index (χ4v) is 2.09. The van der Waals surface area contributed by atoms with Gasteiger partial charge in [-0.15, -0.1) is 24.0 Å². The van der Waals surface area contributed by atoms with E-state index in [1.165, 1.54) is 11.1 Å². The van der Waals surface area contributed by atoms with Gasteiger partial charge in [0.15, 0.2) is 5.96 Å². The number of hydrogen-bond donors (Lipinski definition) is 1.